The molecule has 20 heavy (non-hydrogen) atoms. The molecule has 2 rings (SSSR count). The molecule has 7 heteroatoms. The lowest BCUT2D eigenvalue weighted by molar-refractivity contribution is 0.0589. The van der Waals surface area contributed by atoms with Gasteiger partial charge in [0.1, 0.15) is 5.69 Å². The van der Waals surface area contributed by atoms with Crippen molar-refractivity contribution in [2.75, 3.05) is 12.4 Å². The summed E-state index contributed by atoms with van der Waals surface area (Å²) in [6, 6.07) is 5.00. The first-order chi connectivity index (χ1) is 9.54. The number of hydrogen-bond donors (Lipinski definition) is 1. The summed E-state index contributed by atoms with van der Waals surface area (Å²) in [5.74, 6) is -0.976. The van der Waals surface area contributed by atoms with Gasteiger partial charge in [-0.25, -0.2) is 4.79 Å². The Kier molecular flexibility index (Phi) is 3.79. The van der Waals surface area contributed by atoms with Crippen LogP contribution >= 0.6 is 0 Å². The molecule has 1 N–H and O–H groups in total. The second kappa shape index (κ2) is 5.52. The van der Waals surface area contributed by atoms with E-state index >= 15 is 0 Å². The Balaban J connectivity index is 2.34. The maximum absolute atomic E-state index is 12.1. The highest BCUT2D eigenvalue weighted by Crippen LogP contribution is 2.21. The lowest BCUT2D eigenvalue weighted by Crippen LogP contribution is -2.17. The van der Waals surface area contributed by atoms with Gasteiger partial charge in [-0.05, 0) is 19.1 Å². The van der Waals surface area contributed by atoms with Crippen molar-refractivity contribution in [2.45, 2.75) is 6.92 Å². The summed E-state index contributed by atoms with van der Waals surface area (Å²) in [5, 5.41) is 6.75. The van der Waals surface area contributed by atoms with Crippen molar-refractivity contribution < 1.29 is 14.3 Å². The zero-order chi connectivity index (χ0) is 14.7. The number of amides is 1. The molecule has 104 valence electrons. The molecular weight excluding hydrogens is 260 g/mol. The van der Waals surface area contributed by atoms with Crippen LogP contribution < -0.4 is 5.32 Å². The minimum atomic E-state index is -0.565. The summed E-state index contributed by atoms with van der Waals surface area (Å²) in [6.07, 6.45) is 1.52. The van der Waals surface area contributed by atoms with Crippen LogP contribution in [0.25, 0.3) is 0 Å². The van der Waals surface area contributed by atoms with Gasteiger partial charge in [-0.3, -0.25) is 14.5 Å². The Morgan fingerprint density at radius 1 is 1.35 bits per heavy atom. The molecule has 0 unspecified atom stereocenters. The van der Waals surface area contributed by atoms with Crippen molar-refractivity contribution in [2.24, 2.45) is 7.05 Å². The van der Waals surface area contributed by atoms with E-state index in [-0.39, 0.29) is 11.4 Å². The van der Waals surface area contributed by atoms with Crippen LogP contribution in [0.5, 0.6) is 0 Å². The second-order valence-corrected chi connectivity index (χ2v) is 4.09. The summed E-state index contributed by atoms with van der Waals surface area (Å²) < 4.78 is 6.06. The third kappa shape index (κ3) is 2.51. The van der Waals surface area contributed by atoms with Gasteiger partial charge in [0.25, 0.3) is 5.91 Å². The quantitative estimate of drug-likeness (QED) is 0.849. The fourth-order valence-corrected chi connectivity index (χ4v) is 1.81. The number of anilines is 1. The number of aromatic nitrogens is 3. The monoisotopic (exact) mass is 274 g/mol. The van der Waals surface area contributed by atoms with Gasteiger partial charge in [-0.1, -0.05) is 6.07 Å². The van der Waals surface area contributed by atoms with Crippen LogP contribution in [0.1, 0.15) is 26.7 Å². The molecule has 0 atom stereocenters. The predicted octanol–water partition coefficient (Wildman–Crippen LogP) is 1.16. The number of ether oxygens (including phenoxy) is 1. The number of pyridine rings is 1. The molecular formula is C13H14N4O3. The molecule has 0 fully saturated rings. The van der Waals surface area contributed by atoms with E-state index in [2.05, 4.69) is 15.4 Å². The Hall–Kier alpha value is -2.70. The van der Waals surface area contributed by atoms with Crippen LogP contribution in [-0.4, -0.2) is 33.8 Å². The smallest absolute Gasteiger partial charge is 0.358 e. The second-order valence-electron chi connectivity index (χ2n) is 4.09. The molecule has 0 radical (unpaired) electrons. The molecule has 0 bridgehead atoms. The largest absolute Gasteiger partial charge is 0.464 e. The average molecular weight is 274 g/mol. The van der Waals surface area contributed by atoms with Crippen molar-refractivity contribution in [1.29, 1.82) is 0 Å². The van der Waals surface area contributed by atoms with Gasteiger partial charge in [0.05, 0.1) is 18.5 Å². The third-order valence-corrected chi connectivity index (χ3v) is 2.74. The third-order valence-electron chi connectivity index (χ3n) is 2.74. The number of hydrogen-bond acceptors (Lipinski definition) is 5. The Morgan fingerprint density at radius 3 is 2.70 bits per heavy atom. The van der Waals surface area contributed by atoms with E-state index in [1.54, 1.807) is 32.2 Å². The van der Waals surface area contributed by atoms with E-state index in [0.29, 0.717) is 11.4 Å². The van der Waals surface area contributed by atoms with Crippen molar-refractivity contribution in [3.05, 3.63) is 41.5 Å². The number of carbonyl (C=O) groups excluding carboxylic acids is 2. The first-order valence-corrected chi connectivity index (χ1v) is 5.89. The number of methoxy groups -OCH3 is 1. The minimum absolute atomic E-state index is 0.189. The molecule has 2 heterocycles. The molecule has 0 saturated heterocycles. The maximum atomic E-state index is 12.1. The lowest BCUT2D eigenvalue weighted by Gasteiger charge is -2.06. The first-order valence-electron chi connectivity index (χ1n) is 5.89. The normalized spacial score (nSPS) is 10.2. The Bertz CT molecular complexity index is 649. The van der Waals surface area contributed by atoms with Gasteiger partial charge >= 0.3 is 5.97 Å². The van der Waals surface area contributed by atoms with Crippen LogP contribution in [0.4, 0.5) is 5.69 Å². The van der Waals surface area contributed by atoms with Gasteiger partial charge in [-0.15, -0.1) is 0 Å². The summed E-state index contributed by atoms with van der Waals surface area (Å²) in [5.41, 5.74) is 1.30. The van der Waals surface area contributed by atoms with E-state index in [9.17, 15) is 9.59 Å². The van der Waals surface area contributed by atoms with Crippen molar-refractivity contribution in [1.82, 2.24) is 14.8 Å². The number of carbonyl (C=O) groups is 2. The topological polar surface area (TPSA) is 86.1 Å². The van der Waals surface area contributed by atoms with E-state index in [1.807, 2.05) is 0 Å². The highest BCUT2D eigenvalue weighted by Gasteiger charge is 2.22. The Morgan fingerprint density at radius 2 is 2.10 bits per heavy atom. The van der Waals surface area contributed by atoms with Gasteiger partial charge in [-0.2, -0.15) is 5.10 Å². The van der Waals surface area contributed by atoms with Gasteiger partial charge in [0, 0.05) is 13.2 Å². The number of nitrogens with one attached hydrogen (secondary N) is 1. The highest BCUT2D eigenvalue weighted by molar-refractivity contribution is 6.07. The molecule has 0 aliphatic carbocycles. The lowest BCUT2D eigenvalue weighted by atomic mass is 10.2. The average Bonchev–Trinajstić information content (AvgIpc) is 2.73. The molecule has 2 aromatic rings. The number of nitrogens with zero attached hydrogens (tertiary/aromatic N) is 3. The minimum Gasteiger partial charge on any atom is -0.464 e. The fourth-order valence-electron chi connectivity index (χ4n) is 1.81. The van der Waals surface area contributed by atoms with Gasteiger partial charge in [0.15, 0.2) is 5.69 Å². The van der Waals surface area contributed by atoms with E-state index in [0.717, 1.165) is 0 Å². The number of aryl methyl sites for hydroxylation is 2. The summed E-state index contributed by atoms with van der Waals surface area (Å²) >= 11 is 0. The zero-order valence-corrected chi connectivity index (χ0v) is 11.4. The van der Waals surface area contributed by atoms with E-state index in [4.69, 9.17) is 4.74 Å². The van der Waals surface area contributed by atoms with Crippen LogP contribution in [0.15, 0.2) is 24.4 Å². The highest BCUT2D eigenvalue weighted by atomic mass is 16.5. The number of esters is 1. The van der Waals surface area contributed by atoms with Crippen LogP contribution in [0, 0.1) is 6.92 Å². The van der Waals surface area contributed by atoms with Gasteiger partial charge in [0.2, 0.25) is 0 Å². The van der Waals surface area contributed by atoms with Crippen molar-refractivity contribution >= 4 is 17.6 Å². The molecule has 0 aliphatic rings. The standard InChI is InChI=1S/C13H14N4O3/c1-8-10(11(13(19)20-3)17(2)16-8)15-12(18)9-6-4-5-7-14-9/h4-7H,1-3H3,(H,15,18). The molecule has 0 aromatic carbocycles. The first kappa shape index (κ1) is 13.7. The summed E-state index contributed by atoms with van der Waals surface area (Å²) in [7, 11) is 2.88. The SMILES string of the molecule is COC(=O)c1c(NC(=O)c2ccccn2)c(C)nn1C. The van der Waals surface area contributed by atoms with Crippen LogP contribution in [-0.2, 0) is 11.8 Å². The summed E-state index contributed by atoms with van der Waals surface area (Å²) in [6.45, 7) is 1.69. The van der Waals surface area contributed by atoms with Crippen LogP contribution in [0.2, 0.25) is 0 Å². The van der Waals surface area contributed by atoms with E-state index in [1.165, 1.54) is 18.0 Å². The van der Waals surface area contributed by atoms with E-state index < -0.39 is 11.9 Å². The molecule has 7 nitrogen and oxygen atoms in total. The molecule has 0 aliphatic heterocycles. The summed E-state index contributed by atoms with van der Waals surface area (Å²) in [4.78, 5) is 27.8. The molecule has 2 aromatic heterocycles. The zero-order valence-electron chi connectivity index (χ0n) is 11.4. The van der Waals surface area contributed by atoms with Crippen molar-refractivity contribution in [3.8, 4) is 0 Å². The maximum Gasteiger partial charge on any atom is 0.358 e. The fraction of sp³-hybridized carbons (Fsp3) is 0.231. The van der Waals surface area contributed by atoms with Crippen LogP contribution in [0.3, 0.4) is 0 Å². The molecule has 0 saturated carbocycles. The van der Waals surface area contributed by atoms with Gasteiger partial charge < -0.3 is 10.1 Å². The molecule has 1 amide bonds. The Labute approximate surface area is 115 Å². The number of rotatable bonds is 3. The predicted molar refractivity (Wildman–Crippen MR) is 71.5 cm³/mol. The molecule has 0 spiro atoms. The van der Waals surface area contributed by atoms with Crippen molar-refractivity contribution in [3.63, 3.8) is 0 Å².